The molecule has 11 nitrogen and oxygen atoms in total. The Hall–Kier alpha value is -5.03. The molecule has 0 unspecified atom stereocenters. The number of carbonyl (C=O) groups excluding carboxylic acids is 4. The van der Waals surface area contributed by atoms with Gasteiger partial charge in [0.05, 0.1) is 19.3 Å². The van der Waals surface area contributed by atoms with Crippen molar-refractivity contribution in [2.45, 2.75) is 46.8 Å². The minimum absolute atomic E-state index is 0.0457. The summed E-state index contributed by atoms with van der Waals surface area (Å²) in [5.74, 6) is -1.35. The van der Waals surface area contributed by atoms with Crippen molar-refractivity contribution in [1.82, 2.24) is 5.32 Å². The number of rotatable bonds is 9. The summed E-state index contributed by atoms with van der Waals surface area (Å²) in [4.78, 5) is 54.8. The van der Waals surface area contributed by atoms with Crippen LogP contribution in [0.4, 0.5) is 10.5 Å². The lowest BCUT2D eigenvalue weighted by Crippen LogP contribution is -2.27. The molecule has 0 aliphatic rings. The average Bonchev–Trinajstić information content (AvgIpc) is 2.98. The summed E-state index contributed by atoms with van der Waals surface area (Å²) in [5, 5.41) is 15.4. The van der Waals surface area contributed by atoms with Crippen LogP contribution in [0, 0.1) is 5.92 Å². The van der Waals surface area contributed by atoms with E-state index in [9.17, 15) is 24.3 Å². The lowest BCUT2D eigenvalue weighted by Gasteiger charge is -2.17. The second-order valence-electron chi connectivity index (χ2n) is 11.4. The van der Waals surface area contributed by atoms with Gasteiger partial charge >= 0.3 is 12.1 Å². The van der Waals surface area contributed by atoms with Gasteiger partial charge in [-0.3, -0.25) is 9.59 Å². The van der Waals surface area contributed by atoms with Gasteiger partial charge in [0.15, 0.2) is 0 Å². The minimum atomic E-state index is -0.818. The molecule has 0 atom stereocenters. The second kappa shape index (κ2) is 14.4. The van der Waals surface area contributed by atoms with E-state index in [2.05, 4.69) is 15.6 Å². The normalized spacial score (nSPS) is 11.6. The van der Waals surface area contributed by atoms with Crippen LogP contribution in [0.1, 0.15) is 76.8 Å². The summed E-state index contributed by atoms with van der Waals surface area (Å²) >= 11 is 0. The molecule has 232 valence electrons. The molecular formula is C33H38N4O7. The van der Waals surface area contributed by atoms with Crippen LogP contribution < -0.4 is 16.4 Å². The molecule has 0 aliphatic heterocycles. The van der Waals surface area contributed by atoms with E-state index in [4.69, 9.17) is 15.2 Å². The van der Waals surface area contributed by atoms with E-state index in [1.807, 2.05) is 13.8 Å². The lowest BCUT2D eigenvalue weighted by molar-refractivity contribution is 0.0592. The number of nitrogens with two attached hydrogens (primary N) is 1. The Bertz CT molecular complexity index is 1570. The van der Waals surface area contributed by atoms with Gasteiger partial charge in [0.1, 0.15) is 11.4 Å². The molecule has 5 N–H and O–H groups in total. The third kappa shape index (κ3) is 8.98. The van der Waals surface area contributed by atoms with Crippen molar-refractivity contribution in [3.05, 3.63) is 88.5 Å². The topological polar surface area (TPSA) is 169 Å². The number of ether oxygens (including phenoxy) is 2. The van der Waals surface area contributed by atoms with Gasteiger partial charge in [-0.05, 0) is 91.9 Å². The number of benzene rings is 3. The number of hydrogen-bond donors (Lipinski definition) is 4. The number of hydrogen-bond acceptors (Lipinski definition) is 7. The Morgan fingerprint density at radius 3 is 2.14 bits per heavy atom. The smallest absolute Gasteiger partial charge is 0.436 e. The Kier molecular flexibility index (Phi) is 11.0. The minimum Gasteiger partial charge on any atom is -0.465 e. The van der Waals surface area contributed by atoms with Crippen molar-refractivity contribution in [2.75, 3.05) is 19.0 Å². The highest BCUT2D eigenvalue weighted by atomic mass is 16.6. The van der Waals surface area contributed by atoms with E-state index in [0.717, 1.165) is 0 Å². The van der Waals surface area contributed by atoms with E-state index in [1.54, 1.807) is 75.4 Å². The first-order chi connectivity index (χ1) is 20.7. The zero-order chi connectivity index (χ0) is 32.6. The van der Waals surface area contributed by atoms with Crippen LogP contribution in [0.5, 0.6) is 0 Å². The van der Waals surface area contributed by atoms with E-state index in [1.165, 1.54) is 13.2 Å². The fourth-order valence-electron chi connectivity index (χ4n) is 4.08. The van der Waals surface area contributed by atoms with Crippen LogP contribution in [-0.4, -0.2) is 54.1 Å². The summed E-state index contributed by atoms with van der Waals surface area (Å²) in [6, 6.07) is 15.7. The maximum Gasteiger partial charge on any atom is 0.436 e. The van der Waals surface area contributed by atoms with Crippen molar-refractivity contribution in [2.24, 2.45) is 16.6 Å². The first-order valence-corrected chi connectivity index (χ1v) is 14.0. The number of aliphatic hydroxyl groups excluding tert-OH is 1. The fourth-order valence-corrected chi connectivity index (χ4v) is 4.08. The molecule has 0 fully saturated rings. The molecule has 0 saturated heterocycles. The molecule has 44 heavy (non-hydrogen) atoms. The Labute approximate surface area is 256 Å². The summed E-state index contributed by atoms with van der Waals surface area (Å²) in [6.07, 6.45) is -0.818. The molecule has 0 spiro atoms. The van der Waals surface area contributed by atoms with Crippen molar-refractivity contribution in [3.63, 3.8) is 0 Å². The largest absolute Gasteiger partial charge is 0.465 e. The summed E-state index contributed by atoms with van der Waals surface area (Å²) < 4.78 is 10.2. The van der Waals surface area contributed by atoms with Crippen molar-refractivity contribution in [1.29, 1.82) is 0 Å². The highest BCUT2D eigenvalue weighted by Gasteiger charge is 2.22. The highest BCUT2D eigenvalue weighted by Crippen LogP contribution is 2.31. The van der Waals surface area contributed by atoms with Gasteiger partial charge in [0, 0.05) is 28.9 Å². The number of amides is 3. The SMILES string of the molecule is COC(=O)c1cc(C(=O)NCC(C)C)ccc1-c1cc(CO)ccc1C(=O)Nc1ccc(C(N)=NC(=O)OC(C)(C)C)cc1. The fraction of sp³-hybridized carbons (Fsp3) is 0.303. The van der Waals surface area contributed by atoms with Crippen LogP contribution in [0.3, 0.4) is 0 Å². The van der Waals surface area contributed by atoms with Crippen molar-refractivity contribution >= 4 is 35.4 Å². The second-order valence-corrected chi connectivity index (χ2v) is 11.4. The molecule has 11 heteroatoms. The first kappa shape index (κ1) is 33.5. The number of esters is 1. The molecule has 0 aromatic heterocycles. The lowest BCUT2D eigenvalue weighted by atomic mass is 9.92. The molecule has 0 heterocycles. The summed E-state index contributed by atoms with van der Waals surface area (Å²) in [5.41, 5.74) is 7.87. The van der Waals surface area contributed by atoms with Crippen LogP contribution in [0.2, 0.25) is 0 Å². The zero-order valence-corrected chi connectivity index (χ0v) is 25.7. The van der Waals surface area contributed by atoms with E-state index in [0.29, 0.717) is 34.5 Å². The maximum atomic E-state index is 13.5. The quantitative estimate of drug-likeness (QED) is 0.152. The number of carbonyl (C=O) groups is 4. The standard InChI is InChI=1S/C33H38N4O7/c1-19(2)17-35-29(39)22-10-14-24(27(16-22)31(41)43-6)26-15-20(18-38)7-13-25(26)30(40)36-23-11-8-21(9-12-23)28(34)37-32(42)44-33(3,4)5/h7-16,19,38H,17-18H2,1-6H3,(H,35,39)(H,36,40)(H2,34,37,42). The first-order valence-electron chi connectivity index (χ1n) is 14.0. The van der Waals surface area contributed by atoms with Gasteiger partial charge in [-0.25, -0.2) is 9.59 Å². The third-order valence-corrected chi connectivity index (χ3v) is 6.20. The van der Waals surface area contributed by atoms with Gasteiger partial charge in [-0.15, -0.1) is 0 Å². The monoisotopic (exact) mass is 602 g/mol. The molecule has 3 aromatic rings. The molecule has 3 amide bonds. The number of aliphatic imine (C=N–C) groups is 1. The predicted molar refractivity (Wildman–Crippen MR) is 168 cm³/mol. The molecule has 0 saturated carbocycles. The molecule has 3 aromatic carbocycles. The van der Waals surface area contributed by atoms with Crippen molar-refractivity contribution in [3.8, 4) is 11.1 Å². The summed E-state index contributed by atoms with van der Waals surface area (Å²) in [7, 11) is 1.23. The van der Waals surface area contributed by atoms with Gasteiger partial charge in [0.25, 0.3) is 11.8 Å². The van der Waals surface area contributed by atoms with Crippen LogP contribution >= 0.6 is 0 Å². The molecule has 0 bridgehead atoms. The van der Waals surface area contributed by atoms with Crippen LogP contribution in [-0.2, 0) is 16.1 Å². The number of nitrogens with one attached hydrogen (secondary N) is 2. The number of anilines is 1. The van der Waals surface area contributed by atoms with Crippen LogP contribution in [0.15, 0.2) is 65.7 Å². The Morgan fingerprint density at radius 1 is 0.886 bits per heavy atom. The van der Waals surface area contributed by atoms with Gasteiger partial charge < -0.3 is 30.9 Å². The highest BCUT2D eigenvalue weighted by molar-refractivity contribution is 6.11. The van der Waals surface area contributed by atoms with E-state index < -0.39 is 23.6 Å². The predicted octanol–water partition coefficient (Wildman–Crippen LogP) is 4.91. The van der Waals surface area contributed by atoms with Crippen molar-refractivity contribution < 1.29 is 33.8 Å². The third-order valence-electron chi connectivity index (χ3n) is 6.20. The molecule has 3 rings (SSSR count). The average molecular weight is 603 g/mol. The number of methoxy groups -OCH3 is 1. The number of amidine groups is 1. The molecule has 0 aliphatic carbocycles. The number of aliphatic hydroxyl groups is 1. The molecular weight excluding hydrogens is 564 g/mol. The van der Waals surface area contributed by atoms with E-state index >= 15 is 0 Å². The molecule has 0 radical (unpaired) electrons. The van der Waals surface area contributed by atoms with E-state index in [-0.39, 0.29) is 41.0 Å². The van der Waals surface area contributed by atoms with Gasteiger partial charge in [-0.2, -0.15) is 4.99 Å². The number of nitrogens with zero attached hydrogens (tertiary/aromatic N) is 1. The zero-order valence-electron chi connectivity index (χ0n) is 25.7. The van der Waals surface area contributed by atoms with Gasteiger partial charge in [-0.1, -0.05) is 26.0 Å². The Morgan fingerprint density at radius 2 is 1.55 bits per heavy atom. The Balaban J connectivity index is 1.94. The van der Waals surface area contributed by atoms with Crippen LogP contribution in [0.25, 0.3) is 11.1 Å². The maximum absolute atomic E-state index is 13.5. The summed E-state index contributed by atoms with van der Waals surface area (Å²) in [6.45, 7) is 9.25. The van der Waals surface area contributed by atoms with Gasteiger partial charge in [0.2, 0.25) is 0 Å².